The first kappa shape index (κ1) is 17.1. The maximum absolute atomic E-state index is 13.7. The minimum Gasteiger partial charge on any atom is -0.356 e. The Labute approximate surface area is 162 Å². The molecule has 2 fully saturated rings. The summed E-state index contributed by atoms with van der Waals surface area (Å²) in [6.45, 7) is 3.23. The van der Waals surface area contributed by atoms with Crippen LogP contribution in [-0.2, 0) is 0 Å². The lowest BCUT2D eigenvalue weighted by atomic mass is 10.1. The number of nitrogens with one attached hydrogen (secondary N) is 1. The molecule has 7 nitrogen and oxygen atoms in total. The molecular formula is C20H22FN7. The van der Waals surface area contributed by atoms with Gasteiger partial charge in [-0.3, -0.25) is 0 Å². The highest BCUT2D eigenvalue weighted by atomic mass is 19.1. The predicted octanol–water partition coefficient (Wildman–Crippen LogP) is 3.31. The monoisotopic (exact) mass is 379 g/mol. The summed E-state index contributed by atoms with van der Waals surface area (Å²) in [6, 6.07) is 5.79. The maximum Gasteiger partial charge on any atom is 0.227 e. The summed E-state index contributed by atoms with van der Waals surface area (Å²) < 4.78 is 13.7. The number of hydrogen-bond donors (Lipinski definition) is 1. The summed E-state index contributed by atoms with van der Waals surface area (Å²) in [5, 5.41) is 5.38. The standard InChI is InChI=1S/C20H22FN7/c21-15-3-1-8-28(13-15)20-23-7-5-17(26-20)25-18-11-14-4-6-22-19(16(14)12-24-18)27-9-2-10-27/h4-7,11-12,15H,1-3,8-10,13H2,(H,23,24,25,26)/t15-/m1/s1. The number of fused-ring (bicyclic) bond motifs is 1. The topological polar surface area (TPSA) is 70.1 Å². The third-order valence-electron chi connectivity index (χ3n) is 5.33. The van der Waals surface area contributed by atoms with E-state index in [2.05, 4.69) is 30.2 Å². The number of nitrogens with zero attached hydrogens (tertiary/aromatic N) is 6. The van der Waals surface area contributed by atoms with Crippen molar-refractivity contribution in [1.82, 2.24) is 19.9 Å². The van der Waals surface area contributed by atoms with Gasteiger partial charge in [-0.15, -0.1) is 0 Å². The van der Waals surface area contributed by atoms with Crippen molar-refractivity contribution in [2.24, 2.45) is 0 Å². The van der Waals surface area contributed by atoms with Crippen molar-refractivity contribution in [1.29, 1.82) is 0 Å². The zero-order valence-electron chi connectivity index (χ0n) is 15.6. The van der Waals surface area contributed by atoms with Crippen molar-refractivity contribution in [3.05, 3.63) is 36.8 Å². The summed E-state index contributed by atoms with van der Waals surface area (Å²) in [5.74, 6) is 2.91. The van der Waals surface area contributed by atoms with Gasteiger partial charge in [-0.1, -0.05) is 0 Å². The molecule has 3 aromatic heterocycles. The molecule has 0 bridgehead atoms. The van der Waals surface area contributed by atoms with Gasteiger partial charge in [0, 0.05) is 43.6 Å². The summed E-state index contributed by atoms with van der Waals surface area (Å²) in [4.78, 5) is 22.1. The number of aromatic nitrogens is 4. The van der Waals surface area contributed by atoms with Crippen LogP contribution in [0.3, 0.4) is 0 Å². The van der Waals surface area contributed by atoms with Gasteiger partial charge in [-0.25, -0.2) is 19.3 Å². The quantitative estimate of drug-likeness (QED) is 0.746. The van der Waals surface area contributed by atoms with Crippen LogP contribution in [0.2, 0.25) is 0 Å². The first-order valence-corrected chi connectivity index (χ1v) is 9.75. The minimum absolute atomic E-state index is 0.351. The average Bonchev–Trinajstić information content (AvgIpc) is 2.67. The van der Waals surface area contributed by atoms with Crippen molar-refractivity contribution >= 4 is 34.2 Å². The molecule has 0 unspecified atom stereocenters. The van der Waals surface area contributed by atoms with Gasteiger partial charge in [0.15, 0.2) is 0 Å². The van der Waals surface area contributed by atoms with E-state index in [1.165, 1.54) is 6.42 Å². The Balaban J connectivity index is 1.38. The number of halogens is 1. The Morgan fingerprint density at radius 2 is 1.82 bits per heavy atom. The van der Waals surface area contributed by atoms with Gasteiger partial charge in [-0.05, 0) is 42.8 Å². The molecule has 2 saturated heterocycles. The lowest BCUT2D eigenvalue weighted by Gasteiger charge is -2.32. The van der Waals surface area contributed by atoms with E-state index in [1.807, 2.05) is 29.4 Å². The van der Waals surface area contributed by atoms with Crippen LogP contribution in [0.15, 0.2) is 36.8 Å². The van der Waals surface area contributed by atoms with E-state index in [-0.39, 0.29) is 0 Å². The van der Waals surface area contributed by atoms with Crippen LogP contribution >= 0.6 is 0 Å². The van der Waals surface area contributed by atoms with Crippen LogP contribution in [-0.4, -0.2) is 52.3 Å². The van der Waals surface area contributed by atoms with Crippen molar-refractivity contribution in [2.75, 3.05) is 41.3 Å². The zero-order chi connectivity index (χ0) is 18.9. The van der Waals surface area contributed by atoms with E-state index >= 15 is 0 Å². The number of rotatable bonds is 4. The highest BCUT2D eigenvalue weighted by molar-refractivity contribution is 5.93. The van der Waals surface area contributed by atoms with Gasteiger partial charge in [0.2, 0.25) is 5.95 Å². The van der Waals surface area contributed by atoms with Crippen molar-refractivity contribution in [3.63, 3.8) is 0 Å². The fourth-order valence-corrected chi connectivity index (χ4v) is 3.71. The molecule has 5 heterocycles. The van der Waals surface area contributed by atoms with Gasteiger partial charge >= 0.3 is 0 Å². The molecule has 8 heteroatoms. The summed E-state index contributed by atoms with van der Waals surface area (Å²) in [6.07, 6.45) is 7.22. The molecule has 5 rings (SSSR count). The van der Waals surface area contributed by atoms with Gasteiger partial charge in [0.25, 0.3) is 0 Å². The van der Waals surface area contributed by atoms with E-state index in [4.69, 9.17) is 0 Å². The second-order valence-corrected chi connectivity index (χ2v) is 7.32. The third-order valence-corrected chi connectivity index (χ3v) is 5.33. The molecular weight excluding hydrogens is 357 g/mol. The molecule has 0 aromatic carbocycles. The van der Waals surface area contributed by atoms with Gasteiger partial charge in [0.05, 0.1) is 6.54 Å². The number of piperidine rings is 1. The molecule has 1 atom stereocenters. The molecule has 0 radical (unpaired) electrons. The van der Waals surface area contributed by atoms with E-state index < -0.39 is 6.17 Å². The Bertz CT molecular complexity index is 991. The molecule has 0 amide bonds. The van der Waals surface area contributed by atoms with Crippen LogP contribution in [0.5, 0.6) is 0 Å². The SMILES string of the molecule is F[C@@H]1CCCN(c2nccc(Nc3cc4ccnc(N5CCC5)c4cn3)n2)C1. The molecule has 1 N–H and O–H groups in total. The fraction of sp³-hybridized carbons (Fsp3) is 0.400. The highest BCUT2D eigenvalue weighted by Gasteiger charge is 2.21. The lowest BCUT2D eigenvalue weighted by molar-refractivity contribution is 0.285. The van der Waals surface area contributed by atoms with Crippen molar-refractivity contribution < 1.29 is 4.39 Å². The maximum atomic E-state index is 13.7. The smallest absolute Gasteiger partial charge is 0.227 e. The summed E-state index contributed by atoms with van der Waals surface area (Å²) in [5.41, 5.74) is 0. The third kappa shape index (κ3) is 3.30. The summed E-state index contributed by atoms with van der Waals surface area (Å²) in [7, 11) is 0. The second-order valence-electron chi connectivity index (χ2n) is 7.32. The van der Waals surface area contributed by atoms with Gasteiger partial charge in [-0.2, -0.15) is 4.98 Å². The normalized spacial score (nSPS) is 19.5. The predicted molar refractivity (Wildman–Crippen MR) is 108 cm³/mol. The zero-order valence-corrected chi connectivity index (χ0v) is 15.6. The van der Waals surface area contributed by atoms with Crippen LogP contribution in [0, 0.1) is 0 Å². The van der Waals surface area contributed by atoms with Gasteiger partial charge < -0.3 is 15.1 Å². The molecule has 3 aromatic rings. The number of hydrogen-bond acceptors (Lipinski definition) is 7. The number of pyridine rings is 2. The van der Waals surface area contributed by atoms with Crippen LogP contribution in [0.25, 0.3) is 10.8 Å². The Hall–Kier alpha value is -3.03. The molecule has 0 saturated carbocycles. The Morgan fingerprint density at radius 1 is 0.964 bits per heavy atom. The number of alkyl halides is 1. The Kier molecular flexibility index (Phi) is 4.38. The van der Waals surface area contributed by atoms with E-state index in [0.29, 0.717) is 30.5 Å². The first-order chi connectivity index (χ1) is 13.8. The highest BCUT2D eigenvalue weighted by Crippen LogP contribution is 2.29. The van der Waals surface area contributed by atoms with Gasteiger partial charge in [0.1, 0.15) is 23.6 Å². The fourth-order valence-electron chi connectivity index (χ4n) is 3.71. The molecule has 2 aliphatic heterocycles. The van der Waals surface area contributed by atoms with E-state index in [0.717, 1.165) is 42.6 Å². The number of anilines is 4. The molecule has 2 aliphatic rings. The largest absolute Gasteiger partial charge is 0.356 e. The second kappa shape index (κ2) is 7.18. The Morgan fingerprint density at radius 3 is 2.64 bits per heavy atom. The first-order valence-electron chi connectivity index (χ1n) is 9.75. The van der Waals surface area contributed by atoms with Crippen LogP contribution in [0.4, 0.5) is 27.8 Å². The minimum atomic E-state index is -0.815. The molecule has 0 spiro atoms. The molecule has 0 aliphatic carbocycles. The average molecular weight is 379 g/mol. The molecule has 28 heavy (non-hydrogen) atoms. The van der Waals surface area contributed by atoms with Crippen molar-refractivity contribution in [3.8, 4) is 0 Å². The molecule has 144 valence electrons. The van der Waals surface area contributed by atoms with Crippen LogP contribution < -0.4 is 15.1 Å². The summed E-state index contributed by atoms with van der Waals surface area (Å²) >= 11 is 0. The lowest BCUT2D eigenvalue weighted by Crippen LogP contribution is -2.37. The van der Waals surface area contributed by atoms with Crippen molar-refractivity contribution in [2.45, 2.75) is 25.4 Å². The van der Waals surface area contributed by atoms with E-state index in [9.17, 15) is 4.39 Å². The van der Waals surface area contributed by atoms with Crippen LogP contribution in [0.1, 0.15) is 19.3 Å². The van der Waals surface area contributed by atoms with E-state index in [1.54, 1.807) is 12.3 Å².